The van der Waals surface area contributed by atoms with Crippen LogP contribution < -0.4 is 5.73 Å². The number of primary amides is 1. The fourth-order valence-electron chi connectivity index (χ4n) is 4.40. The number of carbonyl (C=O) groups is 1. The van der Waals surface area contributed by atoms with E-state index in [1.807, 2.05) is 41.9 Å². The molecule has 4 aromatic rings. The molecular weight excluding hydrogens is 401 g/mol. The highest BCUT2D eigenvalue weighted by atomic mass is 32.1. The lowest BCUT2D eigenvalue weighted by Gasteiger charge is -2.33. The third-order valence-electron chi connectivity index (χ3n) is 5.76. The molecule has 154 valence electrons. The van der Waals surface area contributed by atoms with Crippen LogP contribution in [0.1, 0.15) is 26.9 Å². The van der Waals surface area contributed by atoms with E-state index in [2.05, 4.69) is 11.1 Å². The first-order valence-corrected chi connectivity index (χ1v) is 10.7. The molecule has 1 saturated heterocycles. The number of thiophene rings is 1. The second kappa shape index (κ2) is 7.50. The summed E-state index contributed by atoms with van der Waals surface area (Å²) in [6.07, 6.45) is 1.84. The fraction of sp³-hybridized carbons (Fsp3) is 0.261. The Balaban J connectivity index is 1.46. The molecule has 1 aliphatic heterocycles. The molecule has 7 heteroatoms. The van der Waals surface area contributed by atoms with E-state index in [1.165, 1.54) is 17.4 Å². The molecule has 0 saturated carbocycles. The lowest BCUT2D eigenvalue weighted by atomic mass is 10.0. The Morgan fingerprint density at radius 2 is 2.10 bits per heavy atom. The van der Waals surface area contributed by atoms with E-state index in [4.69, 9.17) is 10.5 Å². The molecule has 1 fully saturated rings. The van der Waals surface area contributed by atoms with Crippen LogP contribution in [-0.2, 0) is 18.3 Å². The Labute approximate surface area is 177 Å². The number of amides is 1. The highest BCUT2D eigenvalue weighted by Gasteiger charge is 2.29. The van der Waals surface area contributed by atoms with E-state index < -0.39 is 5.91 Å². The molecule has 2 N–H and O–H groups in total. The summed E-state index contributed by atoms with van der Waals surface area (Å²) in [7, 11) is 1.93. The normalized spacial score (nSPS) is 17.7. The van der Waals surface area contributed by atoms with Crippen molar-refractivity contribution in [3.05, 3.63) is 70.5 Å². The van der Waals surface area contributed by atoms with E-state index in [-0.39, 0.29) is 11.9 Å². The van der Waals surface area contributed by atoms with Gasteiger partial charge in [0.15, 0.2) is 0 Å². The van der Waals surface area contributed by atoms with Crippen molar-refractivity contribution in [3.8, 4) is 0 Å². The van der Waals surface area contributed by atoms with Crippen LogP contribution in [0.4, 0.5) is 4.39 Å². The predicted molar refractivity (Wildman–Crippen MR) is 117 cm³/mol. The van der Waals surface area contributed by atoms with Crippen LogP contribution in [-0.4, -0.2) is 35.1 Å². The molecule has 5 rings (SSSR count). The topological polar surface area (TPSA) is 60.5 Å². The SMILES string of the molecule is Cn1cc(CN2CCO[C@H](c3c(C(N)=O)sc4ccccc34)C2)c2ccc(F)cc21. The Kier molecular flexibility index (Phi) is 4.81. The Morgan fingerprint density at radius 3 is 2.93 bits per heavy atom. The summed E-state index contributed by atoms with van der Waals surface area (Å²) < 4.78 is 22.7. The molecule has 0 unspecified atom stereocenters. The predicted octanol–water partition coefficient (Wildman–Crippen LogP) is 4.20. The van der Waals surface area contributed by atoms with E-state index in [9.17, 15) is 9.18 Å². The standard InChI is InChI=1S/C23H22FN3O2S/c1-26-11-14(16-7-6-15(24)10-18(16)26)12-27-8-9-29-19(13-27)21-17-4-2-3-5-20(17)30-22(21)23(25)28/h2-7,10-11,19H,8-9,12-13H2,1H3,(H2,25,28)/t19-/m0/s1. The second-order valence-corrected chi connectivity index (χ2v) is 8.78. The van der Waals surface area contributed by atoms with E-state index in [1.54, 1.807) is 6.07 Å². The molecule has 2 aromatic carbocycles. The summed E-state index contributed by atoms with van der Waals surface area (Å²) >= 11 is 1.43. The van der Waals surface area contributed by atoms with Crippen LogP contribution in [0.3, 0.4) is 0 Å². The van der Waals surface area contributed by atoms with Crippen LogP contribution in [0.25, 0.3) is 21.0 Å². The van der Waals surface area contributed by atoms with Gasteiger partial charge in [0.1, 0.15) is 5.82 Å². The zero-order valence-corrected chi connectivity index (χ0v) is 17.4. The molecule has 1 atom stereocenters. The van der Waals surface area contributed by atoms with Gasteiger partial charge in [-0.05, 0) is 35.2 Å². The van der Waals surface area contributed by atoms with Gasteiger partial charge in [0.2, 0.25) is 0 Å². The number of fused-ring (bicyclic) bond motifs is 2. The van der Waals surface area contributed by atoms with Crippen LogP contribution >= 0.6 is 11.3 Å². The molecule has 3 heterocycles. The van der Waals surface area contributed by atoms with Crippen LogP contribution in [0.15, 0.2) is 48.7 Å². The van der Waals surface area contributed by atoms with Crippen molar-refractivity contribution in [1.82, 2.24) is 9.47 Å². The Hall–Kier alpha value is -2.74. The number of ether oxygens (including phenoxy) is 1. The van der Waals surface area contributed by atoms with Gasteiger partial charge in [-0.1, -0.05) is 18.2 Å². The van der Waals surface area contributed by atoms with E-state index in [0.717, 1.165) is 45.2 Å². The monoisotopic (exact) mass is 423 g/mol. The Bertz CT molecular complexity index is 1260. The summed E-state index contributed by atoms with van der Waals surface area (Å²) in [4.78, 5) is 15.0. The van der Waals surface area contributed by atoms with Crippen molar-refractivity contribution >= 4 is 38.2 Å². The molecule has 30 heavy (non-hydrogen) atoms. The van der Waals surface area contributed by atoms with E-state index in [0.29, 0.717) is 18.0 Å². The smallest absolute Gasteiger partial charge is 0.259 e. The molecule has 0 spiro atoms. The summed E-state index contributed by atoms with van der Waals surface area (Å²) in [5, 5.41) is 2.09. The summed E-state index contributed by atoms with van der Waals surface area (Å²) in [5.41, 5.74) is 8.62. The number of morpholine rings is 1. The molecule has 2 aromatic heterocycles. The van der Waals surface area contributed by atoms with Crippen molar-refractivity contribution in [2.45, 2.75) is 12.6 Å². The maximum absolute atomic E-state index is 13.6. The number of benzene rings is 2. The summed E-state index contributed by atoms with van der Waals surface area (Å²) in [6.45, 7) is 2.77. The zero-order chi connectivity index (χ0) is 20.8. The molecule has 5 nitrogen and oxygen atoms in total. The van der Waals surface area contributed by atoms with Gasteiger partial charge in [-0.2, -0.15) is 0 Å². The number of nitrogens with two attached hydrogens (primary N) is 1. The largest absolute Gasteiger partial charge is 0.371 e. The number of aryl methyl sites for hydroxylation is 1. The van der Waals surface area contributed by atoms with Crippen molar-refractivity contribution in [1.29, 1.82) is 0 Å². The van der Waals surface area contributed by atoms with E-state index >= 15 is 0 Å². The van der Waals surface area contributed by atoms with Crippen LogP contribution in [0.2, 0.25) is 0 Å². The first kappa shape index (κ1) is 19.2. The summed E-state index contributed by atoms with van der Waals surface area (Å²) in [6, 6.07) is 12.9. The molecule has 1 aliphatic rings. The van der Waals surface area contributed by atoms with Crippen molar-refractivity contribution in [2.75, 3.05) is 19.7 Å². The van der Waals surface area contributed by atoms with Gasteiger partial charge in [0.05, 0.1) is 23.1 Å². The van der Waals surface area contributed by atoms with Gasteiger partial charge in [0, 0.05) is 48.5 Å². The van der Waals surface area contributed by atoms with Crippen molar-refractivity contribution < 1.29 is 13.9 Å². The number of hydrogen-bond donors (Lipinski definition) is 1. The average Bonchev–Trinajstić information content (AvgIpc) is 3.26. The molecule has 0 radical (unpaired) electrons. The van der Waals surface area contributed by atoms with Gasteiger partial charge < -0.3 is 15.0 Å². The van der Waals surface area contributed by atoms with Crippen molar-refractivity contribution in [3.63, 3.8) is 0 Å². The molecule has 1 amide bonds. The quantitative estimate of drug-likeness (QED) is 0.535. The minimum Gasteiger partial charge on any atom is -0.371 e. The summed E-state index contributed by atoms with van der Waals surface area (Å²) in [5.74, 6) is -0.645. The second-order valence-electron chi connectivity index (χ2n) is 7.73. The maximum Gasteiger partial charge on any atom is 0.259 e. The first-order chi connectivity index (χ1) is 14.5. The lowest BCUT2D eigenvalue weighted by molar-refractivity contribution is -0.0321. The van der Waals surface area contributed by atoms with Gasteiger partial charge in [0.25, 0.3) is 5.91 Å². The van der Waals surface area contributed by atoms with Gasteiger partial charge in [-0.15, -0.1) is 11.3 Å². The molecule has 0 aliphatic carbocycles. The fourth-order valence-corrected chi connectivity index (χ4v) is 5.50. The van der Waals surface area contributed by atoms with Gasteiger partial charge >= 0.3 is 0 Å². The van der Waals surface area contributed by atoms with Crippen LogP contribution in [0.5, 0.6) is 0 Å². The number of carbonyl (C=O) groups excluding carboxylic acids is 1. The minimum absolute atomic E-state index is 0.218. The number of aromatic nitrogens is 1. The highest BCUT2D eigenvalue weighted by molar-refractivity contribution is 7.21. The molecule has 0 bridgehead atoms. The zero-order valence-electron chi connectivity index (χ0n) is 16.6. The maximum atomic E-state index is 13.6. The highest BCUT2D eigenvalue weighted by Crippen LogP contribution is 2.38. The van der Waals surface area contributed by atoms with Crippen LogP contribution in [0, 0.1) is 5.82 Å². The number of nitrogens with zero attached hydrogens (tertiary/aromatic N) is 2. The third kappa shape index (κ3) is 3.29. The van der Waals surface area contributed by atoms with Crippen molar-refractivity contribution in [2.24, 2.45) is 12.8 Å². The Morgan fingerprint density at radius 1 is 1.27 bits per heavy atom. The average molecular weight is 424 g/mol. The minimum atomic E-state index is -0.414. The first-order valence-electron chi connectivity index (χ1n) is 9.90. The van der Waals surface area contributed by atoms with Gasteiger partial charge in [-0.3, -0.25) is 9.69 Å². The molecular formula is C23H22FN3O2S. The number of hydrogen-bond acceptors (Lipinski definition) is 4. The lowest BCUT2D eigenvalue weighted by Crippen LogP contribution is -2.38. The van der Waals surface area contributed by atoms with Gasteiger partial charge in [-0.25, -0.2) is 4.39 Å². The number of rotatable bonds is 4. The number of halogens is 1. The third-order valence-corrected chi connectivity index (χ3v) is 6.96.